The highest BCUT2D eigenvalue weighted by Gasteiger charge is 2.37. The molecule has 4 rings (SSSR count). The Morgan fingerprint density at radius 3 is 2.67 bits per heavy atom. The molecule has 2 heterocycles. The number of aryl methyl sites for hydroxylation is 1. The summed E-state index contributed by atoms with van der Waals surface area (Å²) in [5.41, 5.74) is 1.14. The zero-order valence-electron chi connectivity index (χ0n) is 22.1. The number of nitriles is 1. The third-order valence-electron chi connectivity index (χ3n) is 6.57. The predicted octanol–water partition coefficient (Wildman–Crippen LogP) is 4.14. The van der Waals surface area contributed by atoms with Crippen LogP contribution in [-0.2, 0) is 21.3 Å². The van der Waals surface area contributed by atoms with Gasteiger partial charge < -0.3 is 9.64 Å². The van der Waals surface area contributed by atoms with Gasteiger partial charge >= 0.3 is 0 Å². The normalized spacial score (nSPS) is 15.2. The lowest BCUT2D eigenvalue weighted by molar-refractivity contribution is -0.387. The summed E-state index contributed by atoms with van der Waals surface area (Å²) in [6, 6.07) is 13.7. The van der Waals surface area contributed by atoms with Gasteiger partial charge in [-0.3, -0.25) is 10.1 Å². The molecule has 0 bridgehead atoms. The number of rotatable bonds is 10. The lowest BCUT2D eigenvalue weighted by Crippen LogP contribution is -2.43. The fourth-order valence-electron chi connectivity index (χ4n) is 4.67. The number of sulfonamides is 1. The van der Waals surface area contributed by atoms with Crippen LogP contribution in [0.4, 0.5) is 11.5 Å². The summed E-state index contributed by atoms with van der Waals surface area (Å²) in [4.78, 5) is 21.6. The van der Waals surface area contributed by atoms with Crippen molar-refractivity contribution in [2.75, 3.05) is 24.6 Å². The van der Waals surface area contributed by atoms with E-state index in [0.717, 1.165) is 6.42 Å². The first-order valence-electron chi connectivity index (χ1n) is 12.7. The third-order valence-corrected chi connectivity index (χ3v) is 8.77. The molecule has 2 aromatic carbocycles. The van der Waals surface area contributed by atoms with Gasteiger partial charge in [-0.15, -0.1) is 0 Å². The van der Waals surface area contributed by atoms with Gasteiger partial charge in [-0.25, -0.2) is 18.4 Å². The summed E-state index contributed by atoms with van der Waals surface area (Å²) in [6.07, 6.45) is 3.06. The second-order valence-electron chi connectivity index (χ2n) is 9.20. The molecule has 0 radical (unpaired) electrons. The smallest absolute Gasteiger partial charge is 0.289 e. The minimum Gasteiger partial charge on any atom is -0.483 e. The Labute approximate surface area is 238 Å². The molecule has 11 nitrogen and oxygen atoms in total. The molecule has 0 N–H and O–H groups in total. The molecule has 0 aliphatic carbocycles. The number of nitro benzene ring substituents is 1. The van der Waals surface area contributed by atoms with Gasteiger partial charge in [0.25, 0.3) is 5.69 Å². The molecule has 1 fully saturated rings. The zero-order valence-corrected chi connectivity index (χ0v) is 23.7. The van der Waals surface area contributed by atoms with Gasteiger partial charge in [0, 0.05) is 37.9 Å². The van der Waals surface area contributed by atoms with Gasteiger partial charge in [-0.1, -0.05) is 24.3 Å². The van der Waals surface area contributed by atoms with E-state index >= 15 is 0 Å². The van der Waals surface area contributed by atoms with Crippen molar-refractivity contribution in [1.82, 2.24) is 14.3 Å². The van der Waals surface area contributed by atoms with Crippen LogP contribution < -0.4 is 4.90 Å². The van der Waals surface area contributed by atoms with Gasteiger partial charge in [0.05, 0.1) is 28.7 Å². The first-order chi connectivity index (χ1) is 19.1. The Bertz CT molecular complexity index is 1560. The van der Waals surface area contributed by atoms with Crippen LogP contribution in [0.5, 0.6) is 0 Å². The van der Waals surface area contributed by atoms with Crippen LogP contribution in [0.2, 0.25) is 0 Å². The highest BCUT2D eigenvalue weighted by Crippen LogP contribution is 2.32. The van der Waals surface area contributed by atoms with Crippen molar-refractivity contribution in [2.45, 2.75) is 44.2 Å². The Morgan fingerprint density at radius 2 is 2.00 bits per heavy atom. The van der Waals surface area contributed by atoms with Crippen LogP contribution in [0, 0.1) is 28.4 Å². The van der Waals surface area contributed by atoms with Crippen molar-refractivity contribution >= 4 is 38.8 Å². The fraction of sp³-hybridized carbons (Fsp3) is 0.333. The molecule has 40 heavy (non-hydrogen) atoms. The topological polar surface area (TPSA) is 143 Å². The molecular formula is C27H28N6O5S2. The second-order valence-corrected chi connectivity index (χ2v) is 11.5. The molecule has 208 valence electrons. The highest BCUT2D eigenvalue weighted by atomic mass is 32.2. The number of para-hydroxylation sites is 1. The Balaban J connectivity index is 1.75. The number of hydrogen-bond donors (Lipinski definition) is 0. The van der Waals surface area contributed by atoms with E-state index in [0.29, 0.717) is 47.9 Å². The van der Waals surface area contributed by atoms with Crippen molar-refractivity contribution in [1.29, 1.82) is 5.26 Å². The standard InChI is InChI=1S/C27H28N6O5S2/c1-3-38-27(39)23-16-29-19(2)30-26(23)32-14-6-7-22(32)18-31(17-21-12-10-20(15-28)11-13-21)40(36,37)25-9-5-4-8-24(25)33(34)35/h4-5,8-13,16,22H,3,6-7,14,17-18H2,1-2H3/t22-/m0/s1. The summed E-state index contributed by atoms with van der Waals surface area (Å²) in [7, 11) is -4.31. The van der Waals surface area contributed by atoms with Gasteiger partial charge in [-0.2, -0.15) is 9.57 Å². The van der Waals surface area contributed by atoms with Crippen LogP contribution in [0.15, 0.2) is 59.6 Å². The Kier molecular flexibility index (Phi) is 9.03. The maximum absolute atomic E-state index is 14.0. The lowest BCUT2D eigenvalue weighted by Gasteiger charge is -2.32. The summed E-state index contributed by atoms with van der Waals surface area (Å²) in [5.74, 6) is 1.10. The first kappa shape index (κ1) is 29.0. The molecule has 1 aromatic heterocycles. The van der Waals surface area contributed by atoms with Crippen LogP contribution >= 0.6 is 12.2 Å². The molecule has 13 heteroatoms. The average molecular weight is 581 g/mol. The van der Waals surface area contributed by atoms with Crippen LogP contribution in [0.3, 0.4) is 0 Å². The number of nitrogens with zero attached hydrogens (tertiary/aromatic N) is 6. The van der Waals surface area contributed by atoms with Crippen molar-refractivity contribution in [2.24, 2.45) is 0 Å². The van der Waals surface area contributed by atoms with Gasteiger partial charge in [-0.05, 0) is 62.7 Å². The molecule has 3 aromatic rings. The number of benzene rings is 2. The summed E-state index contributed by atoms with van der Waals surface area (Å²) >= 11 is 5.46. The lowest BCUT2D eigenvalue weighted by atomic mass is 10.1. The maximum atomic E-state index is 14.0. The quantitative estimate of drug-likeness (QED) is 0.195. The number of aromatic nitrogens is 2. The minimum atomic E-state index is -4.31. The molecule has 0 unspecified atom stereocenters. The summed E-state index contributed by atoms with van der Waals surface area (Å²) < 4.78 is 34.8. The largest absolute Gasteiger partial charge is 0.483 e. The van der Waals surface area contributed by atoms with Crippen LogP contribution in [0.1, 0.15) is 42.3 Å². The molecule has 0 saturated carbocycles. The number of ether oxygens (including phenoxy) is 1. The van der Waals surface area contributed by atoms with E-state index in [-0.39, 0.29) is 29.1 Å². The van der Waals surface area contributed by atoms with Crippen molar-refractivity contribution in [3.63, 3.8) is 0 Å². The van der Waals surface area contributed by atoms with Crippen molar-refractivity contribution in [3.8, 4) is 6.07 Å². The van der Waals surface area contributed by atoms with Crippen LogP contribution in [-0.4, -0.2) is 58.4 Å². The van der Waals surface area contributed by atoms with Gasteiger partial charge in [0.15, 0.2) is 9.95 Å². The zero-order chi connectivity index (χ0) is 28.9. The van der Waals surface area contributed by atoms with E-state index < -0.39 is 20.6 Å². The monoisotopic (exact) mass is 580 g/mol. The van der Waals surface area contributed by atoms with E-state index in [1.54, 1.807) is 37.4 Å². The molecule has 1 aliphatic rings. The molecular weight excluding hydrogens is 552 g/mol. The van der Waals surface area contributed by atoms with E-state index in [1.807, 2.05) is 17.9 Å². The minimum absolute atomic E-state index is 0.0400. The van der Waals surface area contributed by atoms with E-state index in [1.165, 1.54) is 28.6 Å². The fourth-order valence-corrected chi connectivity index (χ4v) is 6.56. The van der Waals surface area contributed by atoms with E-state index in [9.17, 15) is 18.5 Å². The number of anilines is 1. The van der Waals surface area contributed by atoms with Gasteiger partial charge in [0.2, 0.25) is 10.0 Å². The van der Waals surface area contributed by atoms with Crippen molar-refractivity contribution in [3.05, 3.63) is 87.4 Å². The number of nitro groups is 1. The Hall–Kier alpha value is -3.99. The third kappa shape index (κ3) is 6.25. The molecule has 0 amide bonds. The van der Waals surface area contributed by atoms with E-state index in [4.69, 9.17) is 22.2 Å². The predicted molar refractivity (Wildman–Crippen MR) is 152 cm³/mol. The number of hydrogen-bond acceptors (Lipinski definition) is 10. The summed E-state index contributed by atoms with van der Waals surface area (Å²) in [6.45, 7) is 4.57. The summed E-state index contributed by atoms with van der Waals surface area (Å²) in [5, 5.41) is 21.1. The first-order valence-corrected chi connectivity index (χ1v) is 14.5. The van der Waals surface area contributed by atoms with Gasteiger partial charge in [0.1, 0.15) is 11.6 Å². The highest BCUT2D eigenvalue weighted by molar-refractivity contribution is 7.89. The maximum Gasteiger partial charge on any atom is 0.289 e. The average Bonchev–Trinajstić information content (AvgIpc) is 3.41. The molecule has 1 aliphatic heterocycles. The van der Waals surface area contributed by atoms with Crippen molar-refractivity contribution < 1.29 is 18.1 Å². The number of thiocarbonyl (C=S) groups is 1. The second kappa shape index (κ2) is 12.5. The molecule has 0 spiro atoms. The molecule has 1 atom stereocenters. The molecule has 1 saturated heterocycles. The van der Waals surface area contributed by atoms with Crippen LogP contribution in [0.25, 0.3) is 0 Å². The SMILES string of the molecule is CCOC(=S)c1cnc(C)nc1N1CCC[C@H]1CN(Cc1ccc(C#N)cc1)S(=O)(=O)c1ccccc1[N+](=O)[O-]. The van der Waals surface area contributed by atoms with E-state index in [2.05, 4.69) is 9.97 Å². The Morgan fingerprint density at radius 1 is 1.27 bits per heavy atom.